The SMILES string of the molecule is CCc1ccc(C(C)(F)CN)cc1Cl. The molecule has 0 saturated heterocycles. The molecule has 3 heteroatoms. The van der Waals surface area contributed by atoms with Crippen LogP contribution in [0.4, 0.5) is 4.39 Å². The van der Waals surface area contributed by atoms with E-state index in [1.165, 1.54) is 6.92 Å². The summed E-state index contributed by atoms with van der Waals surface area (Å²) in [5.41, 5.74) is 5.43. The maximum absolute atomic E-state index is 13.8. The fourth-order valence-electron chi connectivity index (χ4n) is 1.28. The van der Waals surface area contributed by atoms with Crippen LogP contribution in [0.2, 0.25) is 5.02 Å². The summed E-state index contributed by atoms with van der Waals surface area (Å²) < 4.78 is 13.8. The van der Waals surface area contributed by atoms with Crippen molar-refractivity contribution < 1.29 is 4.39 Å². The minimum absolute atomic E-state index is 0.0329. The minimum Gasteiger partial charge on any atom is -0.327 e. The van der Waals surface area contributed by atoms with E-state index in [9.17, 15) is 4.39 Å². The predicted octanol–water partition coefficient (Wildman–Crippen LogP) is 3.05. The second-order valence-corrected chi connectivity index (χ2v) is 3.97. The van der Waals surface area contributed by atoms with E-state index in [4.69, 9.17) is 17.3 Å². The van der Waals surface area contributed by atoms with Crippen LogP contribution in [-0.2, 0) is 12.1 Å². The Morgan fingerprint density at radius 2 is 2.14 bits per heavy atom. The first-order valence-corrected chi connectivity index (χ1v) is 5.07. The molecule has 0 heterocycles. The molecule has 0 radical (unpaired) electrons. The van der Waals surface area contributed by atoms with Crippen LogP contribution in [-0.4, -0.2) is 6.54 Å². The molecule has 0 aliphatic rings. The van der Waals surface area contributed by atoms with Crippen molar-refractivity contribution >= 4 is 11.6 Å². The zero-order chi connectivity index (χ0) is 10.8. The Hall–Kier alpha value is -0.600. The van der Waals surface area contributed by atoms with Crippen LogP contribution in [0.25, 0.3) is 0 Å². The van der Waals surface area contributed by atoms with Gasteiger partial charge >= 0.3 is 0 Å². The molecule has 1 nitrogen and oxygen atoms in total. The van der Waals surface area contributed by atoms with Gasteiger partial charge in [0.2, 0.25) is 0 Å². The quantitative estimate of drug-likeness (QED) is 0.824. The molecule has 1 unspecified atom stereocenters. The lowest BCUT2D eigenvalue weighted by atomic mass is 9.96. The number of rotatable bonds is 3. The van der Waals surface area contributed by atoms with Crippen molar-refractivity contribution in [3.63, 3.8) is 0 Å². The summed E-state index contributed by atoms with van der Waals surface area (Å²) in [6.07, 6.45) is 0.852. The third-order valence-electron chi connectivity index (χ3n) is 2.42. The molecule has 0 fully saturated rings. The number of alkyl halides is 1. The van der Waals surface area contributed by atoms with Crippen LogP contribution in [0.5, 0.6) is 0 Å². The lowest BCUT2D eigenvalue weighted by Gasteiger charge is -2.19. The molecule has 1 aromatic carbocycles. The lowest BCUT2D eigenvalue weighted by Crippen LogP contribution is -2.26. The molecule has 14 heavy (non-hydrogen) atoms. The van der Waals surface area contributed by atoms with Gasteiger partial charge in [0.05, 0.1) is 0 Å². The molecule has 0 aliphatic carbocycles. The minimum atomic E-state index is -1.49. The largest absolute Gasteiger partial charge is 0.327 e. The third kappa shape index (κ3) is 2.25. The smallest absolute Gasteiger partial charge is 0.145 e. The summed E-state index contributed by atoms with van der Waals surface area (Å²) in [6.45, 7) is 3.44. The second kappa shape index (κ2) is 4.28. The maximum atomic E-state index is 13.8. The number of halogens is 2. The molecule has 0 aromatic heterocycles. The Morgan fingerprint density at radius 3 is 2.57 bits per heavy atom. The molecular formula is C11H15ClFN. The Labute approximate surface area is 89.1 Å². The summed E-state index contributed by atoms with van der Waals surface area (Å²) in [6, 6.07) is 5.26. The summed E-state index contributed by atoms with van der Waals surface area (Å²) >= 11 is 5.99. The predicted molar refractivity (Wildman–Crippen MR) is 58.3 cm³/mol. The van der Waals surface area contributed by atoms with Gasteiger partial charge in [0.1, 0.15) is 5.67 Å². The molecule has 0 spiro atoms. The second-order valence-electron chi connectivity index (χ2n) is 3.56. The Bertz CT molecular complexity index is 323. The average molecular weight is 216 g/mol. The fourth-order valence-corrected chi connectivity index (χ4v) is 1.59. The van der Waals surface area contributed by atoms with Gasteiger partial charge in [0.25, 0.3) is 0 Å². The molecule has 0 saturated carbocycles. The van der Waals surface area contributed by atoms with E-state index in [-0.39, 0.29) is 6.54 Å². The van der Waals surface area contributed by atoms with E-state index in [2.05, 4.69) is 0 Å². The van der Waals surface area contributed by atoms with Crippen molar-refractivity contribution in [2.24, 2.45) is 5.73 Å². The van der Waals surface area contributed by atoms with E-state index in [0.29, 0.717) is 10.6 Å². The zero-order valence-corrected chi connectivity index (χ0v) is 9.24. The number of hydrogen-bond acceptors (Lipinski definition) is 1. The Kier molecular flexibility index (Phi) is 3.51. The first kappa shape index (κ1) is 11.5. The molecule has 1 rings (SSSR count). The standard InChI is InChI=1S/C11H15ClFN/c1-3-8-4-5-9(6-10(8)12)11(2,13)7-14/h4-6H,3,7,14H2,1-2H3. The van der Waals surface area contributed by atoms with Crippen LogP contribution in [0.1, 0.15) is 25.0 Å². The van der Waals surface area contributed by atoms with E-state index in [1.54, 1.807) is 12.1 Å². The van der Waals surface area contributed by atoms with Gasteiger partial charge in [-0.25, -0.2) is 4.39 Å². The van der Waals surface area contributed by atoms with Crippen LogP contribution >= 0.6 is 11.6 Å². The highest BCUT2D eigenvalue weighted by Crippen LogP contribution is 2.28. The molecule has 78 valence electrons. The van der Waals surface area contributed by atoms with Crippen LogP contribution in [0, 0.1) is 0 Å². The van der Waals surface area contributed by atoms with Gasteiger partial charge in [-0.05, 0) is 30.5 Å². The number of benzene rings is 1. The number of aryl methyl sites for hydroxylation is 1. The van der Waals surface area contributed by atoms with Crippen molar-refractivity contribution in [3.8, 4) is 0 Å². The highest BCUT2D eigenvalue weighted by Gasteiger charge is 2.24. The summed E-state index contributed by atoms with van der Waals surface area (Å²) in [4.78, 5) is 0. The summed E-state index contributed by atoms with van der Waals surface area (Å²) in [5, 5.41) is 0.613. The summed E-state index contributed by atoms with van der Waals surface area (Å²) in [5.74, 6) is 0. The highest BCUT2D eigenvalue weighted by atomic mass is 35.5. The molecule has 0 bridgehead atoms. The average Bonchev–Trinajstić information content (AvgIpc) is 2.17. The Morgan fingerprint density at radius 1 is 1.50 bits per heavy atom. The fraction of sp³-hybridized carbons (Fsp3) is 0.455. The summed E-state index contributed by atoms with van der Waals surface area (Å²) in [7, 11) is 0. The molecule has 1 aromatic rings. The first-order valence-electron chi connectivity index (χ1n) is 4.69. The van der Waals surface area contributed by atoms with Crippen molar-refractivity contribution in [1.29, 1.82) is 0 Å². The van der Waals surface area contributed by atoms with Gasteiger partial charge in [-0.3, -0.25) is 0 Å². The van der Waals surface area contributed by atoms with Crippen LogP contribution in [0.3, 0.4) is 0 Å². The van der Waals surface area contributed by atoms with Crippen molar-refractivity contribution in [2.75, 3.05) is 6.54 Å². The number of nitrogens with two attached hydrogens (primary N) is 1. The molecule has 0 aliphatic heterocycles. The zero-order valence-electron chi connectivity index (χ0n) is 8.48. The third-order valence-corrected chi connectivity index (χ3v) is 2.77. The normalized spacial score (nSPS) is 15.2. The van der Waals surface area contributed by atoms with Crippen molar-refractivity contribution in [1.82, 2.24) is 0 Å². The monoisotopic (exact) mass is 215 g/mol. The molecule has 0 amide bonds. The first-order chi connectivity index (χ1) is 6.51. The molecular weight excluding hydrogens is 201 g/mol. The van der Waals surface area contributed by atoms with Gasteiger partial charge < -0.3 is 5.73 Å². The number of hydrogen-bond donors (Lipinski definition) is 1. The van der Waals surface area contributed by atoms with E-state index < -0.39 is 5.67 Å². The molecule has 2 N–H and O–H groups in total. The lowest BCUT2D eigenvalue weighted by molar-refractivity contribution is 0.203. The van der Waals surface area contributed by atoms with E-state index >= 15 is 0 Å². The Balaban J connectivity index is 3.08. The van der Waals surface area contributed by atoms with Gasteiger partial charge in [-0.15, -0.1) is 0 Å². The van der Waals surface area contributed by atoms with Crippen molar-refractivity contribution in [2.45, 2.75) is 25.9 Å². The van der Waals surface area contributed by atoms with Crippen LogP contribution < -0.4 is 5.73 Å². The van der Waals surface area contributed by atoms with E-state index in [0.717, 1.165) is 12.0 Å². The van der Waals surface area contributed by atoms with Gasteiger partial charge in [-0.2, -0.15) is 0 Å². The maximum Gasteiger partial charge on any atom is 0.145 e. The van der Waals surface area contributed by atoms with Gasteiger partial charge in [0, 0.05) is 11.6 Å². The van der Waals surface area contributed by atoms with Gasteiger partial charge in [0.15, 0.2) is 0 Å². The van der Waals surface area contributed by atoms with Gasteiger partial charge in [-0.1, -0.05) is 30.7 Å². The topological polar surface area (TPSA) is 26.0 Å². The molecule has 1 atom stereocenters. The van der Waals surface area contributed by atoms with E-state index in [1.807, 2.05) is 13.0 Å². The highest BCUT2D eigenvalue weighted by molar-refractivity contribution is 6.31. The van der Waals surface area contributed by atoms with Crippen molar-refractivity contribution in [3.05, 3.63) is 34.3 Å². The van der Waals surface area contributed by atoms with Crippen LogP contribution in [0.15, 0.2) is 18.2 Å².